The van der Waals surface area contributed by atoms with E-state index in [4.69, 9.17) is 9.47 Å². The van der Waals surface area contributed by atoms with Crippen molar-refractivity contribution < 1.29 is 72.1 Å². The van der Waals surface area contributed by atoms with Crippen molar-refractivity contribution in [3.63, 3.8) is 0 Å². The number of rotatable bonds is 40. The van der Waals surface area contributed by atoms with E-state index >= 15 is 24.0 Å². The molecule has 11 amide bonds. The Kier molecular flexibility index (Phi) is 36.2. The van der Waals surface area contributed by atoms with E-state index in [1.807, 2.05) is 41.5 Å². The lowest BCUT2D eigenvalue weighted by Gasteiger charge is -2.39. The SMILES string of the molecule is CCC(NC(=O)C(CC(C)OC1CCCCO1)N(C)C(=O)C(C)N(C)C(=O)[C@H](CC(C)C)N(C)C(=O)C(NC(=O)CCNC)[C@@H](C)CC)C(=O)N(C)[C@@H](Cc1ccccc1)C(=O)N(C)[C@@H](C)C(=O)N(C)C(CC(C)C)C(=O)N(C)C(Cc1ccccc1)C(=O)NC(CC(=O)O)C(=O)N1CCCCC1. The zero-order valence-electron chi connectivity index (χ0n) is 64.6. The quantitative estimate of drug-likeness (QED) is 0.0603. The number of piperidine rings is 1. The Morgan fingerprint density at radius 3 is 1.45 bits per heavy atom. The number of nitrogens with zero attached hydrogens (tertiary/aromatic N) is 8. The van der Waals surface area contributed by atoms with Crippen molar-refractivity contribution in [2.75, 3.05) is 82.6 Å². The van der Waals surface area contributed by atoms with Crippen LogP contribution in [0.15, 0.2) is 60.7 Å². The zero-order chi connectivity index (χ0) is 77.1. The van der Waals surface area contributed by atoms with Crippen LogP contribution in [0.3, 0.4) is 0 Å². The largest absolute Gasteiger partial charge is 0.481 e. The fourth-order valence-corrected chi connectivity index (χ4v) is 13.1. The number of ether oxygens (including phenoxy) is 2. The summed E-state index contributed by atoms with van der Waals surface area (Å²) < 4.78 is 12.2. The van der Waals surface area contributed by atoms with Crippen LogP contribution in [0.2, 0.25) is 0 Å². The van der Waals surface area contributed by atoms with Gasteiger partial charge in [-0.15, -0.1) is 0 Å². The second-order valence-corrected chi connectivity index (χ2v) is 29.0. The first-order valence-electron chi connectivity index (χ1n) is 36.9. The number of likely N-dealkylation sites (N-methyl/N-ethyl adjacent to an activating group) is 7. The summed E-state index contributed by atoms with van der Waals surface area (Å²) in [6, 6.07) is 5.58. The molecule has 0 bridgehead atoms. The maximum Gasteiger partial charge on any atom is 0.305 e. The maximum atomic E-state index is 15.3. The number of carbonyl (C=O) groups is 12. The second kappa shape index (κ2) is 42.7. The van der Waals surface area contributed by atoms with Crippen LogP contribution in [-0.4, -0.2) is 271 Å². The number of benzene rings is 2. The fraction of sp³-hybridized carbons (Fsp3) is 0.684. The molecule has 2 saturated heterocycles. The average molecular weight is 1440 g/mol. The summed E-state index contributed by atoms with van der Waals surface area (Å²) >= 11 is 0. The Morgan fingerprint density at radius 2 is 0.971 bits per heavy atom. The Labute approximate surface area is 611 Å². The number of amides is 11. The molecule has 103 heavy (non-hydrogen) atoms. The molecule has 27 nitrogen and oxygen atoms in total. The van der Waals surface area contributed by atoms with Crippen molar-refractivity contribution in [3.05, 3.63) is 71.8 Å². The summed E-state index contributed by atoms with van der Waals surface area (Å²) in [5.41, 5.74) is 1.33. The molecule has 13 atom stereocenters. The Morgan fingerprint density at radius 1 is 0.515 bits per heavy atom. The van der Waals surface area contributed by atoms with Gasteiger partial charge in [0.25, 0.3) is 0 Å². The maximum absolute atomic E-state index is 15.3. The molecule has 2 aromatic carbocycles. The third-order valence-corrected chi connectivity index (χ3v) is 20.2. The van der Waals surface area contributed by atoms with Gasteiger partial charge in [-0.2, -0.15) is 0 Å². The molecular weight excluding hydrogens is 1320 g/mol. The van der Waals surface area contributed by atoms with E-state index in [1.54, 1.807) is 86.5 Å². The van der Waals surface area contributed by atoms with Crippen molar-refractivity contribution in [2.24, 2.45) is 17.8 Å². The zero-order valence-corrected chi connectivity index (χ0v) is 64.6. The van der Waals surface area contributed by atoms with Gasteiger partial charge in [0.05, 0.1) is 12.5 Å². The van der Waals surface area contributed by atoms with E-state index in [0.717, 1.165) is 32.1 Å². The molecule has 4 rings (SSSR count). The van der Waals surface area contributed by atoms with Crippen LogP contribution < -0.4 is 21.3 Å². The molecule has 576 valence electrons. The summed E-state index contributed by atoms with van der Waals surface area (Å²) in [5, 5.41) is 21.3. The minimum absolute atomic E-state index is 0.0187. The van der Waals surface area contributed by atoms with E-state index < -0.39 is 144 Å². The highest BCUT2D eigenvalue weighted by atomic mass is 16.7. The predicted molar refractivity (Wildman–Crippen MR) is 392 cm³/mol. The molecule has 2 aliphatic heterocycles. The van der Waals surface area contributed by atoms with E-state index in [-0.39, 0.29) is 68.6 Å². The van der Waals surface area contributed by atoms with Crippen molar-refractivity contribution in [1.29, 1.82) is 0 Å². The number of aliphatic carboxylic acids is 1. The van der Waals surface area contributed by atoms with Crippen molar-refractivity contribution in [3.8, 4) is 0 Å². The number of carboxylic acids is 1. The highest BCUT2D eigenvalue weighted by molar-refractivity contribution is 5.99. The number of likely N-dealkylation sites (tertiary alicyclic amines) is 1. The molecule has 27 heteroatoms. The number of carboxylic acid groups (broad SMARTS) is 1. The predicted octanol–water partition coefficient (Wildman–Crippen LogP) is 4.72. The summed E-state index contributed by atoms with van der Waals surface area (Å²) in [7, 11) is 11.9. The Hall–Kier alpha value is -8.04. The van der Waals surface area contributed by atoms with E-state index in [0.29, 0.717) is 50.2 Å². The lowest BCUT2D eigenvalue weighted by Crippen LogP contribution is -2.61. The summed E-state index contributed by atoms with van der Waals surface area (Å²) in [5.74, 6) is -8.46. The van der Waals surface area contributed by atoms with Gasteiger partial charge in [0.1, 0.15) is 60.4 Å². The fourth-order valence-electron chi connectivity index (χ4n) is 13.1. The van der Waals surface area contributed by atoms with Gasteiger partial charge in [0.15, 0.2) is 6.29 Å². The highest BCUT2D eigenvalue weighted by Gasteiger charge is 2.44. The van der Waals surface area contributed by atoms with Gasteiger partial charge < -0.3 is 75.0 Å². The molecule has 2 heterocycles. The lowest BCUT2D eigenvalue weighted by atomic mass is 9.95. The normalized spacial score (nSPS) is 17.4. The van der Waals surface area contributed by atoms with Crippen LogP contribution in [-0.2, 0) is 79.8 Å². The average Bonchev–Trinajstić information content (AvgIpc) is 0.815. The second-order valence-electron chi connectivity index (χ2n) is 29.0. The summed E-state index contributed by atoms with van der Waals surface area (Å²) in [4.78, 5) is 184. The van der Waals surface area contributed by atoms with Gasteiger partial charge in [0, 0.05) is 101 Å². The smallest absolute Gasteiger partial charge is 0.305 e. The van der Waals surface area contributed by atoms with Gasteiger partial charge in [0.2, 0.25) is 65.0 Å². The van der Waals surface area contributed by atoms with Crippen LogP contribution >= 0.6 is 0 Å². The van der Waals surface area contributed by atoms with Crippen LogP contribution in [0.4, 0.5) is 0 Å². The van der Waals surface area contributed by atoms with Crippen molar-refractivity contribution >= 4 is 70.9 Å². The van der Waals surface area contributed by atoms with Crippen LogP contribution in [0.5, 0.6) is 0 Å². The highest BCUT2D eigenvalue weighted by Crippen LogP contribution is 2.25. The third-order valence-electron chi connectivity index (χ3n) is 20.2. The third kappa shape index (κ3) is 25.7. The van der Waals surface area contributed by atoms with Crippen molar-refractivity contribution in [2.45, 2.75) is 238 Å². The van der Waals surface area contributed by atoms with Gasteiger partial charge in [-0.25, -0.2) is 0 Å². The van der Waals surface area contributed by atoms with Gasteiger partial charge in [-0.3, -0.25) is 57.5 Å². The molecule has 5 N–H and O–H groups in total. The van der Waals surface area contributed by atoms with Crippen LogP contribution in [0.25, 0.3) is 0 Å². The topological polar surface area (TPSA) is 318 Å². The van der Waals surface area contributed by atoms with E-state index in [1.165, 1.54) is 97.5 Å². The first kappa shape index (κ1) is 87.4. The monoisotopic (exact) mass is 1440 g/mol. The molecule has 2 fully saturated rings. The summed E-state index contributed by atoms with van der Waals surface area (Å²) in [6.07, 6.45) is 3.65. The van der Waals surface area contributed by atoms with Crippen molar-refractivity contribution in [1.82, 2.24) is 60.5 Å². The number of hydrogen-bond donors (Lipinski definition) is 5. The molecule has 0 aliphatic carbocycles. The molecule has 2 aromatic rings. The number of carbonyl (C=O) groups excluding carboxylic acids is 11. The van der Waals surface area contributed by atoms with E-state index in [9.17, 15) is 38.7 Å². The van der Waals surface area contributed by atoms with E-state index in [2.05, 4.69) is 21.3 Å². The summed E-state index contributed by atoms with van der Waals surface area (Å²) in [6.45, 7) is 19.5. The van der Waals surface area contributed by atoms with Crippen LogP contribution in [0, 0.1) is 17.8 Å². The Bertz CT molecular complexity index is 3110. The molecule has 0 aromatic heterocycles. The Balaban J connectivity index is 1.67. The molecule has 2 aliphatic rings. The number of nitrogens with one attached hydrogen (secondary N) is 4. The molecule has 0 radical (unpaired) electrons. The first-order valence-corrected chi connectivity index (χ1v) is 36.9. The first-order chi connectivity index (χ1) is 48.6. The molecule has 0 saturated carbocycles. The molecular formula is C76H122N12O15. The molecule has 0 spiro atoms. The van der Waals surface area contributed by atoms with Crippen LogP contribution in [0.1, 0.15) is 164 Å². The van der Waals surface area contributed by atoms with Gasteiger partial charge in [-0.05, 0) is 114 Å². The number of hydrogen-bond acceptors (Lipinski definition) is 15. The van der Waals surface area contributed by atoms with Gasteiger partial charge >= 0.3 is 5.97 Å². The standard InChI is InChI=1S/C76H122N12O15/c1-19-50(7)66(80-63(89)37-38-77-11)76(101)87(18)60(42-48(3)4)73(98)81(12)52(9)69(94)83(14)58(44-51(8)103-65-36-28-31-41-102-65)67(92)78-56(20-2)71(96)86(17)62(46-55-34-26-22-27-35-55)74(99)82(13)53(10)70(95)85(16)61(43-49(5)6)75(100)84(15)59(45-54-32-24-21-25-33-54)68(93)79-57(47-64(90)91)72(97)88-39-29-23-30-40-88/h21-22,24-27,32-35,48-53,56-62,65-66,77H,19-20,23,28-31,36-47H2,1-18H3,(H,78,92)(H,79,93)(H,80,89)(H,90,91)/t50-,51?,52?,53-,56?,57?,58?,59?,60-,61?,62-,65?,66?/m0/s1. The minimum atomic E-state index is -1.42. The minimum Gasteiger partial charge on any atom is -0.481 e. The van der Waals surface area contributed by atoms with Gasteiger partial charge in [-0.1, -0.05) is 116 Å². The molecule has 9 unspecified atom stereocenters. The lowest BCUT2D eigenvalue weighted by molar-refractivity contribution is -0.188.